The minimum atomic E-state index is -0.389. The summed E-state index contributed by atoms with van der Waals surface area (Å²) < 4.78 is 1.33. The summed E-state index contributed by atoms with van der Waals surface area (Å²) in [6, 6.07) is 0. The fourth-order valence-corrected chi connectivity index (χ4v) is 1.70. The molecule has 0 amide bonds. The van der Waals surface area contributed by atoms with Gasteiger partial charge in [0.15, 0.2) is 4.60 Å². The van der Waals surface area contributed by atoms with E-state index in [4.69, 9.17) is 5.21 Å². The monoisotopic (exact) mass is 348 g/mol. The summed E-state index contributed by atoms with van der Waals surface area (Å²) in [5, 5.41) is 11.7. The maximum absolute atomic E-state index is 10.3. The van der Waals surface area contributed by atoms with Gasteiger partial charge < -0.3 is 0 Å². The molecule has 0 radical (unpaired) electrons. The van der Waals surface area contributed by atoms with E-state index in [1.807, 2.05) is 0 Å². The van der Waals surface area contributed by atoms with Crippen LogP contribution >= 0.6 is 47.8 Å². The summed E-state index contributed by atoms with van der Waals surface area (Å²) >= 11 is 9.19. The number of hydrogen-bond donors (Lipinski definition) is 1. The summed E-state index contributed by atoms with van der Waals surface area (Å²) in [7, 11) is 0. The van der Waals surface area contributed by atoms with E-state index in [9.17, 15) is 4.91 Å². The number of rotatable bonds is 1. The van der Waals surface area contributed by atoms with Crippen molar-refractivity contribution >= 4 is 47.8 Å². The zero-order valence-electron chi connectivity index (χ0n) is 4.83. The molecule has 0 unspecified atom stereocenters. The minimum absolute atomic E-state index is 0.335. The van der Waals surface area contributed by atoms with Crippen molar-refractivity contribution in [1.82, 2.24) is 9.89 Å². The molecule has 0 aliphatic heterocycles. The van der Waals surface area contributed by atoms with Crippen LogP contribution in [0.15, 0.2) is 13.7 Å². The van der Waals surface area contributed by atoms with Crippen LogP contribution in [-0.4, -0.2) is 20.1 Å². The highest BCUT2D eigenvalue weighted by molar-refractivity contribution is 9.14. The van der Waals surface area contributed by atoms with Crippen molar-refractivity contribution in [1.29, 1.82) is 0 Å². The van der Waals surface area contributed by atoms with Crippen molar-refractivity contribution in [2.24, 2.45) is 0 Å². The highest BCUT2D eigenvalue weighted by Crippen LogP contribution is 2.29. The zero-order chi connectivity index (χ0) is 8.59. The molecule has 0 bridgehead atoms. The Morgan fingerprint density at radius 2 is 2.00 bits per heavy atom. The molecular weight excluding hydrogens is 350 g/mol. The first-order valence-electron chi connectivity index (χ1n) is 2.30. The van der Waals surface area contributed by atoms with Gasteiger partial charge in [-0.1, -0.05) is 0 Å². The Balaban J connectivity index is 3.29. The van der Waals surface area contributed by atoms with Crippen LogP contribution in [-0.2, 0) is 0 Å². The van der Waals surface area contributed by atoms with Gasteiger partial charge in [0.1, 0.15) is 4.47 Å². The molecule has 0 spiro atoms. The maximum Gasteiger partial charge on any atom is 0.262 e. The summed E-state index contributed by atoms with van der Waals surface area (Å²) in [4.78, 5) is 11.1. The molecule has 0 saturated carbocycles. The van der Waals surface area contributed by atoms with E-state index in [1.165, 1.54) is 0 Å². The number of hydrogen-bond acceptors (Lipinski definition) is 2. The quantitative estimate of drug-likeness (QED) is 0.789. The molecule has 0 saturated heterocycles. The summed E-state index contributed by atoms with van der Waals surface area (Å²) in [6.07, 6.45) is 0. The van der Waals surface area contributed by atoms with Crippen LogP contribution < -0.4 is 0 Å². The minimum Gasteiger partial charge on any atom is -0.296 e. The molecular formula is C3HBr3N3O2+. The lowest BCUT2D eigenvalue weighted by molar-refractivity contribution is -0.839. The van der Waals surface area contributed by atoms with Gasteiger partial charge in [0, 0.05) is 20.8 Å². The Labute approximate surface area is 86.3 Å². The first kappa shape index (κ1) is 9.14. The van der Waals surface area contributed by atoms with Gasteiger partial charge in [-0.05, 0) is 31.9 Å². The second kappa shape index (κ2) is 3.20. The van der Waals surface area contributed by atoms with E-state index >= 15 is 0 Å². The Bertz CT molecular complexity index is 309. The molecule has 0 aromatic carbocycles. The van der Waals surface area contributed by atoms with E-state index in [0.29, 0.717) is 13.7 Å². The van der Waals surface area contributed by atoms with Crippen LogP contribution in [0.1, 0.15) is 0 Å². The van der Waals surface area contributed by atoms with Gasteiger partial charge in [-0.25, -0.2) is 0 Å². The average molecular weight is 351 g/mol. The fraction of sp³-hybridized carbons (Fsp3) is 0. The van der Waals surface area contributed by atoms with Crippen molar-refractivity contribution < 1.29 is 10.2 Å². The maximum atomic E-state index is 10.3. The third-order valence-electron chi connectivity index (χ3n) is 0.882. The molecule has 1 aromatic heterocycles. The van der Waals surface area contributed by atoms with E-state index in [-0.39, 0.29) is 5.03 Å². The number of halogens is 3. The third kappa shape index (κ3) is 1.62. The van der Waals surface area contributed by atoms with Crippen LogP contribution in [0.25, 0.3) is 0 Å². The Morgan fingerprint density at radius 3 is 2.18 bits per heavy atom. The molecule has 1 rings (SSSR count). The third-order valence-corrected chi connectivity index (χ3v) is 3.97. The predicted molar refractivity (Wildman–Crippen MR) is 46.1 cm³/mol. The van der Waals surface area contributed by atoms with Gasteiger partial charge in [-0.2, -0.15) is 0 Å². The highest BCUT2D eigenvalue weighted by Gasteiger charge is 2.23. The van der Waals surface area contributed by atoms with Gasteiger partial charge in [-0.3, -0.25) is 5.21 Å². The molecule has 11 heavy (non-hydrogen) atoms. The number of aromatic nitrogens is 2. The largest absolute Gasteiger partial charge is 0.296 e. The molecule has 5 nitrogen and oxygen atoms in total. The van der Waals surface area contributed by atoms with Crippen molar-refractivity contribution in [3.63, 3.8) is 0 Å². The van der Waals surface area contributed by atoms with Crippen LogP contribution in [0, 0.1) is 4.91 Å². The molecule has 1 heterocycles. The van der Waals surface area contributed by atoms with Crippen LogP contribution in [0.5, 0.6) is 0 Å². The fourth-order valence-electron chi connectivity index (χ4n) is 0.457. The van der Waals surface area contributed by atoms with Gasteiger partial charge in [0.2, 0.25) is 0 Å². The Morgan fingerprint density at radius 1 is 1.45 bits per heavy atom. The van der Waals surface area contributed by atoms with Gasteiger partial charge in [-0.15, -0.1) is 0 Å². The molecule has 0 fully saturated rings. The Kier molecular flexibility index (Phi) is 2.66. The lowest BCUT2D eigenvalue weighted by Gasteiger charge is -1.82. The van der Waals surface area contributed by atoms with Crippen LogP contribution in [0.2, 0.25) is 0 Å². The highest BCUT2D eigenvalue weighted by atomic mass is 79.9. The normalized spacial score (nSPS) is 10.1. The lowest BCUT2D eigenvalue weighted by atomic mass is 10.8. The molecule has 60 valence electrons. The second-order valence-corrected chi connectivity index (χ2v) is 3.83. The first-order chi connectivity index (χ1) is 5.04. The molecule has 1 N–H and O–H groups in total. The smallest absolute Gasteiger partial charge is 0.262 e. The molecule has 0 aliphatic carbocycles. The van der Waals surface area contributed by atoms with E-state index < -0.39 is 0 Å². The summed E-state index contributed by atoms with van der Waals surface area (Å²) in [6.45, 7) is 0. The zero-order valence-corrected chi connectivity index (χ0v) is 9.59. The van der Waals surface area contributed by atoms with Crippen molar-refractivity contribution in [3.05, 3.63) is 18.6 Å². The van der Waals surface area contributed by atoms with Gasteiger partial charge in [0.25, 0.3) is 9.64 Å². The standard InChI is InChI=1S/C3HBr3N3O2/c4-1-2(5)7-8(3(1)6)9(10)11/h(H,10,11)/q+1. The van der Waals surface area contributed by atoms with E-state index in [2.05, 4.69) is 52.9 Å². The second-order valence-electron chi connectivity index (χ2n) is 1.54. The SMILES string of the molecule is O=[N+](O)n1nc(Br)c(Br)c1Br. The van der Waals surface area contributed by atoms with Crippen LogP contribution in [0.3, 0.4) is 0 Å². The van der Waals surface area contributed by atoms with Crippen molar-refractivity contribution in [2.45, 2.75) is 0 Å². The van der Waals surface area contributed by atoms with E-state index in [0.717, 1.165) is 4.79 Å². The summed E-state index contributed by atoms with van der Waals surface area (Å²) in [5.74, 6) is 0. The first-order valence-corrected chi connectivity index (χ1v) is 4.68. The van der Waals surface area contributed by atoms with Crippen molar-refractivity contribution in [3.8, 4) is 0 Å². The predicted octanol–water partition coefficient (Wildman–Crippen LogP) is 2.10. The topological polar surface area (TPSA) is 58.1 Å². The molecule has 8 heteroatoms. The summed E-state index contributed by atoms with van der Waals surface area (Å²) in [5.41, 5.74) is 0. The van der Waals surface area contributed by atoms with Crippen LogP contribution in [0.4, 0.5) is 0 Å². The van der Waals surface area contributed by atoms with Gasteiger partial charge in [0.05, 0.1) is 9.89 Å². The molecule has 0 aliphatic rings. The van der Waals surface area contributed by atoms with E-state index in [1.54, 1.807) is 0 Å². The lowest BCUT2D eigenvalue weighted by Crippen LogP contribution is -2.12. The van der Waals surface area contributed by atoms with Crippen molar-refractivity contribution in [2.75, 3.05) is 0 Å². The number of nitrogens with zero attached hydrogens (tertiary/aromatic N) is 3. The average Bonchev–Trinajstić information content (AvgIpc) is 2.17. The molecule has 0 atom stereocenters. The Hall–Kier alpha value is 0.0500. The molecule has 1 aromatic rings. The van der Waals surface area contributed by atoms with Gasteiger partial charge >= 0.3 is 0 Å².